The van der Waals surface area contributed by atoms with Gasteiger partial charge in [0, 0.05) is 26.2 Å². The second kappa shape index (κ2) is 4.55. The van der Waals surface area contributed by atoms with Crippen LogP contribution >= 0.6 is 0 Å². The van der Waals surface area contributed by atoms with Crippen molar-refractivity contribution in [2.75, 3.05) is 26.2 Å². The molecule has 1 rings (SSSR count). The zero-order valence-corrected chi connectivity index (χ0v) is 7.73. The Labute approximate surface area is 77.3 Å². The van der Waals surface area contributed by atoms with Crippen LogP contribution in [0, 0.1) is 0 Å². The normalized spacial score (nSPS) is 27.1. The molecule has 0 radical (unpaired) electrons. The fourth-order valence-corrected chi connectivity index (χ4v) is 1.55. The minimum Gasteiger partial charge on any atom is -0.480 e. The number of carboxylic acid groups (broad SMARTS) is 1. The van der Waals surface area contributed by atoms with E-state index in [0.717, 1.165) is 6.54 Å². The molecule has 1 aliphatic heterocycles. The molecule has 5 heteroatoms. The summed E-state index contributed by atoms with van der Waals surface area (Å²) in [6.07, 6.45) is -0.472. The van der Waals surface area contributed by atoms with Crippen LogP contribution in [0.1, 0.15) is 6.92 Å². The monoisotopic (exact) mass is 188 g/mol. The number of hydrogen-bond acceptors (Lipinski definition) is 4. The van der Waals surface area contributed by atoms with Crippen molar-refractivity contribution in [2.45, 2.75) is 19.1 Å². The number of nitrogens with one attached hydrogen (secondary N) is 1. The first-order valence-corrected chi connectivity index (χ1v) is 4.47. The molecule has 2 atom stereocenters. The molecule has 2 unspecified atom stereocenters. The van der Waals surface area contributed by atoms with Crippen LogP contribution in [0.15, 0.2) is 0 Å². The fraction of sp³-hybridized carbons (Fsp3) is 0.875. The van der Waals surface area contributed by atoms with Gasteiger partial charge in [-0.05, 0) is 6.92 Å². The van der Waals surface area contributed by atoms with Gasteiger partial charge in [-0.25, -0.2) is 0 Å². The summed E-state index contributed by atoms with van der Waals surface area (Å²) in [4.78, 5) is 12.6. The number of aliphatic hydroxyl groups excluding tert-OH is 1. The molecule has 13 heavy (non-hydrogen) atoms. The van der Waals surface area contributed by atoms with E-state index in [9.17, 15) is 4.79 Å². The van der Waals surface area contributed by atoms with Crippen LogP contribution in [0.4, 0.5) is 0 Å². The highest BCUT2D eigenvalue weighted by molar-refractivity contribution is 5.73. The highest BCUT2D eigenvalue weighted by Crippen LogP contribution is 2.04. The number of nitrogens with zero attached hydrogens (tertiary/aromatic N) is 1. The predicted octanol–water partition coefficient (Wildman–Crippen LogP) is -1.27. The maximum Gasteiger partial charge on any atom is 0.322 e. The Hall–Kier alpha value is -0.650. The van der Waals surface area contributed by atoms with E-state index in [1.54, 1.807) is 11.8 Å². The van der Waals surface area contributed by atoms with E-state index in [1.807, 2.05) is 0 Å². The highest BCUT2D eigenvalue weighted by Gasteiger charge is 2.28. The van der Waals surface area contributed by atoms with Crippen LogP contribution in [0.3, 0.4) is 0 Å². The predicted molar refractivity (Wildman–Crippen MR) is 47.5 cm³/mol. The lowest BCUT2D eigenvalue weighted by Crippen LogP contribution is -2.56. The topological polar surface area (TPSA) is 72.8 Å². The van der Waals surface area contributed by atoms with Crippen molar-refractivity contribution in [1.82, 2.24) is 10.2 Å². The van der Waals surface area contributed by atoms with Crippen LogP contribution in [-0.4, -0.2) is 59.4 Å². The molecule has 3 N–H and O–H groups in total. The average Bonchev–Trinajstić information content (AvgIpc) is 2.03. The summed E-state index contributed by atoms with van der Waals surface area (Å²) in [5.74, 6) is -0.826. The number of aliphatic carboxylic acids is 1. The van der Waals surface area contributed by atoms with Gasteiger partial charge in [-0.2, -0.15) is 0 Å². The first-order chi connectivity index (χ1) is 6.11. The molecule has 5 nitrogen and oxygen atoms in total. The van der Waals surface area contributed by atoms with Gasteiger partial charge in [0.15, 0.2) is 0 Å². The molecule has 0 amide bonds. The van der Waals surface area contributed by atoms with Crippen molar-refractivity contribution < 1.29 is 15.0 Å². The van der Waals surface area contributed by atoms with Crippen molar-refractivity contribution in [2.24, 2.45) is 0 Å². The van der Waals surface area contributed by atoms with Gasteiger partial charge < -0.3 is 15.5 Å². The van der Waals surface area contributed by atoms with Gasteiger partial charge in [0.05, 0.1) is 6.10 Å². The SMILES string of the molecule is CC(O)CN1CCNCC1C(=O)O. The molecule has 76 valence electrons. The third-order valence-electron chi connectivity index (χ3n) is 2.14. The summed E-state index contributed by atoms with van der Waals surface area (Å²) in [7, 11) is 0. The van der Waals surface area contributed by atoms with Crippen LogP contribution in [-0.2, 0) is 4.79 Å². The van der Waals surface area contributed by atoms with E-state index in [2.05, 4.69) is 5.32 Å². The maximum absolute atomic E-state index is 10.8. The summed E-state index contributed by atoms with van der Waals surface area (Å²) in [6, 6.07) is -0.497. The van der Waals surface area contributed by atoms with Crippen LogP contribution < -0.4 is 5.32 Å². The molecule has 0 aromatic heterocycles. The molecule has 0 bridgehead atoms. The Kier molecular flexibility index (Phi) is 3.65. The zero-order valence-electron chi connectivity index (χ0n) is 7.73. The third kappa shape index (κ3) is 2.95. The number of hydrogen-bond donors (Lipinski definition) is 3. The van der Waals surface area contributed by atoms with E-state index in [0.29, 0.717) is 19.6 Å². The van der Waals surface area contributed by atoms with Crippen LogP contribution in [0.2, 0.25) is 0 Å². The van der Waals surface area contributed by atoms with Crippen molar-refractivity contribution in [3.63, 3.8) is 0 Å². The lowest BCUT2D eigenvalue weighted by Gasteiger charge is -2.33. The Balaban J connectivity index is 2.51. The summed E-state index contributed by atoms with van der Waals surface area (Å²) in [5, 5.41) is 21.0. The van der Waals surface area contributed by atoms with Crippen molar-refractivity contribution in [3.8, 4) is 0 Å². The standard InChI is InChI=1S/C8H16N2O3/c1-6(11)5-10-3-2-9-4-7(10)8(12)13/h6-7,9,11H,2-5H2,1H3,(H,12,13). The molecule has 0 aromatic rings. The smallest absolute Gasteiger partial charge is 0.322 e. The van der Waals surface area contributed by atoms with E-state index in [-0.39, 0.29) is 0 Å². The number of carboxylic acids is 1. The van der Waals surface area contributed by atoms with Gasteiger partial charge in [-0.3, -0.25) is 9.69 Å². The number of carbonyl (C=O) groups is 1. The van der Waals surface area contributed by atoms with Gasteiger partial charge in [0.1, 0.15) is 6.04 Å². The minimum atomic E-state index is -0.826. The number of piperazine rings is 1. The summed E-state index contributed by atoms with van der Waals surface area (Å²) < 4.78 is 0. The first kappa shape index (κ1) is 10.4. The molecule has 1 heterocycles. The lowest BCUT2D eigenvalue weighted by atomic mass is 10.2. The Bertz CT molecular complexity index is 184. The van der Waals surface area contributed by atoms with Crippen molar-refractivity contribution in [1.29, 1.82) is 0 Å². The number of β-amino-alcohol motifs (C(OH)–C–C–N with tert-alkyl or cyclic N) is 1. The first-order valence-electron chi connectivity index (χ1n) is 4.47. The molecule has 0 saturated carbocycles. The maximum atomic E-state index is 10.8. The summed E-state index contributed by atoms with van der Waals surface area (Å²) in [5.41, 5.74) is 0. The summed E-state index contributed by atoms with van der Waals surface area (Å²) >= 11 is 0. The second-order valence-corrected chi connectivity index (χ2v) is 3.40. The Morgan fingerprint density at radius 3 is 3.00 bits per heavy atom. The quantitative estimate of drug-likeness (QED) is 0.515. The molecular weight excluding hydrogens is 172 g/mol. The van der Waals surface area contributed by atoms with Gasteiger partial charge in [0.2, 0.25) is 0 Å². The van der Waals surface area contributed by atoms with Crippen LogP contribution in [0.25, 0.3) is 0 Å². The summed E-state index contributed by atoms with van der Waals surface area (Å²) in [6.45, 7) is 4.03. The fourth-order valence-electron chi connectivity index (χ4n) is 1.55. The number of rotatable bonds is 3. The molecular formula is C8H16N2O3. The molecule has 1 saturated heterocycles. The van der Waals surface area contributed by atoms with E-state index in [4.69, 9.17) is 10.2 Å². The lowest BCUT2D eigenvalue weighted by molar-refractivity contribution is -0.144. The van der Waals surface area contributed by atoms with Crippen molar-refractivity contribution >= 4 is 5.97 Å². The van der Waals surface area contributed by atoms with Gasteiger partial charge in [-0.15, -0.1) is 0 Å². The Morgan fingerprint density at radius 2 is 2.46 bits per heavy atom. The van der Waals surface area contributed by atoms with Gasteiger partial charge in [0.25, 0.3) is 0 Å². The van der Waals surface area contributed by atoms with Crippen molar-refractivity contribution in [3.05, 3.63) is 0 Å². The number of aliphatic hydroxyl groups is 1. The van der Waals surface area contributed by atoms with E-state index < -0.39 is 18.1 Å². The average molecular weight is 188 g/mol. The van der Waals surface area contributed by atoms with E-state index >= 15 is 0 Å². The highest BCUT2D eigenvalue weighted by atomic mass is 16.4. The molecule has 0 aliphatic carbocycles. The molecule has 0 spiro atoms. The largest absolute Gasteiger partial charge is 0.480 e. The molecule has 0 aromatic carbocycles. The zero-order chi connectivity index (χ0) is 9.84. The third-order valence-corrected chi connectivity index (χ3v) is 2.14. The van der Waals surface area contributed by atoms with Crippen LogP contribution in [0.5, 0.6) is 0 Å². The Morgan fingerprint density at radius 1 is 1.77 bits per heavy atom. The second-order valence-electron chi connectivity index (χ2n) is 3.40. The minimum absolute atomic E-state index is 0.429. The molecule has 1 aliphatic rings. The van der Waals surface area contributed by atoms with Gasteiger partial charge in [-0.1, -0.05) is 0 Å². The van der Waals surface area contributed by atoms with E-state index in [1.165, 1.54) is 0 Å². The molecule has 1 fully saturated rings. The van der Waals surface area contributed by atoms with Gasteiger partial charge >= 0.3 is 5.97 Å².